The highest BCUT2D eigenvalue weighted by Gasteiger charge is 2.53. The monoisotopic (exact) mass is 1600 g/mol. The van der Waals surface area contributed by atoms with E-state index in [-0.39, 0.29) is 63.5 Å². The Labute approximate surface area is 732 Å². The van der Waals surface area contributed by atoms with Crippen molar-refractivity contribution in [2.24, 2.45) is 0 Å². The summed E-state index contributed by atoms with van der Waals surface area (Å²) in [7, 11) is 0. The Bertz CT molecular complexity index is 6290. The van der Waals surface area contributed by atoms with Gasteiger partial charge in [-0.1, -0.05) is 274 Å². The fourth-order valence-electron chi connectivity index (χ4n) is 21.1. The molecule has 0 spiro atoms. The van der Waals surface area contributed by atoms with Crippen LogP contribution in [0, 0.1) is 41.5 Å². The Hall–Kier alpha value is -10.4. The van der Waals surface area contributed by atoms with Crippen LogP contribution in [-0.4, -0.2) is 20.1 Å². The van der Waals surface area contributed by atoms with Crippen molar-refractivity contribution < 1.29 is 4.74 Å². The number of fused-ring (bicyclic) bond motifs is 12. The van der Waals surface area contributed by atoms with E-state index in [0.29, 0.717) is 0 Å². The second kappa shape index (κ2) is 28.1. The predicted octanol–water partition coefficient (Wildman–Crippen LogP) is 25.7. The zero-order valence-electron chi connectivity index (χ0n) is 79.0. The smallest absolute Gasteiger partial charge is 0.256 e. The third-order valence-electron chi connectivity index (χ3n) is 29.6. The van der Waals surface area contributed by atoms with Crippen LogP contribution in [0.1, 0.15) is 263 Å². The van der Waals surface area contributed by atoms with Crippen molar-refractivity contribution >= 4 is 155 Å². The van der Waals surface area contributed by atoms with Crippen LogP contribution in [0.25, 0.3) is 0 Å². The van der Waals surface area contributed by atoms with Gasteiger partial charge in [-0.15, -0.1) is 0 Å². The predicted molar refractivity (Wildman–Crippen MR) is 532 cm³/mol. The second-order valence-electron chi connectivity index (χ2n) is 44.4. The van der Waals surface area contributed by atoms with E-state index in [4.69, 9.17) is 4.74 Å². The molecule has 9 heteroatoms. The van der Waals surface area contributed by atoms with Crippen molar-refractivity contribution in [2.45, 2.75) is 270 Å². The molecule has 0 atom stereocenters. The molecule has 6 aliphatic heterocycles. The first kappa shape index (κ1) is 82.6. The molecule has 0 saturated carbocycles. The third kappa shape index (κ3) is 13.1. The minimum atomic E-state index is -0.308. The molecule has 6 nitrogen and oxygen atoms in total. The average Bonchev–Trinajstić information content (AvgIpc) is 0.679. The number of ether oxygens (including phenoxy) is 1. The molecular weight excluding hydrogens is 1480 g/mol. The summed E-state index contributed by atoms with van der Waals surface area (Å²) >= 11 is 0. The normalized spacial score (nSPS) is 14.7. The van der Waals surface area contributed by atoms with Crippen LogP contribution in [0.5, 0.6) is 11.5 Å². The molecular formula is C113H128B3N5O. The van der Waals surface area contributed by atoms with Gasteiger partial charge in [0.1, 0.15) is 11.5 Å². The first-order chi connectivity index (χ1) is 57.2. The molecule has 0 saturated heterocycles. The zero-order valence-corrected chi connectivity index (χ0v) is 79.0. The van der Waals surface area contributed by atoms with Crippen LogP contribution in [0.4, 0.5) is 85.3 Å². The van der Waals surface area contributed by atoms with Crippen molar-refractivity contribution in [1.82, 2.24) is 0 Å². The van der Waals surface area contributed by atoms with Gasteiger partial charge in [0, 0.05) is 80.0 Å². The summed E-state index contributed by atoms with van der Waals surface area (Å²) < 4.78 is 8.22. The standard InChI is InChI=1S/C113H128B3N5O/c1-31-111(25,26)77-56-94-101-96(58-77)119(82-46-38-74(39-47-82)108(16,17)18)91-64-92-86(62-85(91)114(101)83-54-75(109(19,20)21)40-48-89(83)117(94)80-42-34-72(35-43-80)106(10,11)12)116-88-63-87-93(65-99(88)122-100-61-79(113(29,30)33-3)60-98(103(100)116)120(92)104-68(6)50-66(4)51-69(104)7)121(105-70(8)52-67(5)53-71(105)9)97-59-78(112(27,28)32-2)57-95-102(97)115(87)84-55-76(110(22,23)24)41-49-90(84)118(95)81-44-36-73(37-45-81)107(13,14)15/h34-65H,31-33H2,1-30H3. The molecule has 0 radical (unpaired) electrons. The van der Waals surface area contributed by atoms with Crippen LogP contribution in [-0.2, 0) is 43.3 Å². The maximum Gasteiger partial charge on any atom is 0.256 e. The van der Waals surface area contributed by atoms with Crippen molar-refractivity contribution in [3.63, 3.8) is 0 Å². The number of nitrogens with zero attached hydrogens (tertiary/aromatic N) is 5. The number of aryl methyl sites for hydroxylation is 6. The average molecular weight is 1600 g/mol. The second-order valence-corrected chi connectivity index (χ2v) is 44.4. The van der Waals surface area contributed by atoms with Crippen LogP contribution in [0.15, 0.2) is 194 Å². The number of rotatable bonds is 11. The van der Waals surface area contributed by atoms with Crippen molar-refractivity contribution in [1.29, 1.82) is 0 Å². The molecule has 122 heavy (non-hydrogen) atoms. The quantitative estimate of drug-likeness (QED) is 0.120. The van der Waals surface area contributed by atoms with Crippen molar-refractivity contribution in [3.05, 3.63) is 272 Å². The summed E-state index contributed by atoms with van der Waals surface area (Å²) in [5.74, 6) is 1.81. The number of hydrogen-bond donors (Lipinski definition) is 0. The lowest BCUT2D eigenvalue weighted by Crippen LogP contribution is -2.66. The van der Waals surface area contributed by atoms with Gasteiger partial charge < -0.3 is 29.2 Å². The number of anilines is 15. The van der Waals surface area contributed by atoms with E-state index in [1.165, 1.54) is 190 Å². The Morgan fingerprint density at radius 3 is 0.836 bits per heavy atom. The van der Waals surface area contributed by atoms with Gasteiger partial charge in [-0.25, -0.2) is 0 Å². The first-order valence-electron chi connectivity index (χ1n) is 45.6. The third-order valence-corrected chi connectivity index (χ3v) is 29.6. The lowest BCUT2D eigenvalue weighted by molar-refractivity contribution is 0.475. The molecule has 0 N–H and O–H groups in total. The SMILES string of the molecule is CCC(C)(C)c1cc2c3c(c1)N(c1c(C)cc(C)cc1C)c1cc4c(cc1B3c1cc3c(cc1O2)N(c1c(C)cc(C)cc1C)c1cc(C(C)(C)CC)cc2c1B3c1cc(C(C)(C)C)ccc1N2c1ccc(C(C)(C)C)cc1)B1c2cc(C(C)(C)C)ccc2N(c2ccc(C(C)(C)C)cc2)c2cc(C(C)(C)CC)cc(c21)N4c1ccc(C(C)(C)C)cc1. The van der Waals surface area contributed by atoms with E-state index < -0.39 is 0 Å². The zero-order chi connectivity index (χ0) is 87.2. The molecule has 0 amide bonds. The number of hydrogen-bond acceptors (Lipinski definition) is 6. The Morgan fingerprint density at radius 1 is 0.230 bits per heavy atom. The Balaban J connectivity index is 1.00. The van der Waals surface area contributed by atoms with Crippen LogP contribution in [0.3, 0.4) is 0 Å². The van der Waals surface area contributed by atoms with Gasteiger partial charge in [-0.3, -0.25) is 0 Å². The minimum Gasteiger partial charge on any atom is -0.458 e. The maximum absolute atomic E-state index is 8.22. The van der Waals surface area contributed by atoms with Gasteiger partial charge in [0.05, 0.1) is 11.4 Å². The Morgan fingerprint density at radius 2 is 0.500 bits per heavy atom. The Kier molecular flexibility index (Phi) is 19.0. The fourth-order valence-corrected chi connectivity index (χ4v) is 21.1. The molecule has 12 aromatic rings. The topological polar surface area (TPSA) is 25.4 Å². The molecule has 620 valence electrons. The molecule has 6 aliphatic rings. The van der Waals surface area contributed by atoms with Gasteiger partial charge in [-0.2, -0.15) is 0 Å². The molecule has 0 fully saturated rings. The lowest BCUT2D eigenvalue weighted by Gasteiger charge is -2.48. The summed E-state index contributed by atoms with van der Waals surface area (Å²) in [4.78, 5) is 13.4. The molecule has 0 aliphatic carbocycles. The summed E-state index contributed by atoms with van der Waals surface area (Å²) in [5, 5.41) is 0. The summed E-state index contributed by atoms with van der Waals surface area (Å²) in [6, 6.07) is 79.7. The highest BCUT2D eigenvalue weighted by molar-refractivity contribution is 7.04. The molecule has 0 aromatic heterocycles. The van der Waals surface area contributed by atoms with E-state index >= 15 is 0 Å². The van der Waals surface area contributed by atoms with Gasteiger partial charge in [0.15, 0.2) is 0 Å². The van der Waals surface area contributed by atoms with Gasteiger partial charge >= 0.3 is 0 Å². The molecule has 0 bridgehead atoms. The van der Waals surface area contributed by atoms with Gasteiger partial charge in [0.2, 0.25) is 0 Å². The van der Waals surface area contributed by atoms with Gasteiger partial charge in [0.25, 0.3) is 20.1 Å². The maximum atomic E-state index is 8.22. The van der Waals surface area contributed by atoms with Crippen LogP contribution < -0.4 is 78.4 Å². The highest BCUT2D eigenvalue weighted by Crippen LogP contribution is 2.55. The number of benzene rings is 12. The van der Waals surface area contributed by atoms with Crippen molar-refractivity contribution in [3.8, 4) is 11.5 Å². The largest absolute Gasteiger partial charge is 0.458 e. The van der Waals surface area contributed by atoms with E-state index in [0.717, 1.165) is 53.5 Å². The fraction of sp³-hybridized carbons (Fsp3) is 0.363. The molecule has 6 heterocycles. The first-order valence-corrected chi connectivity index (χ1v) is 45.6. The molecule has 12 aromatic carbocycles. The summed E-state index contributed by atoms with van der Waals surface area (Å²) in [6.45, 7) is 70.3. The van der Waals surface area contributed by atoms with E-state index in [1.807, 2.05) is 0 Å². The van der Waals surface area contributed by atoms with Gasteiger partial charge in [-0.05, 0) is 311 Å². The summed E-state index contributed by atoms with van der Waals surface area (Å²) in [6.07, 6.45) is 2.87. The van der Waals surface area contributed by atoms with Crippen LogP contribution in [0.2, 0.25) is 0 Å². The molecule has 0 unspecified atom stereocenters. The van der Waals surface area contributed by atoms with E-state index in [2.05, 4.69) is 426 Å². The lowest BCUT2D eigenvalue weighted by atomic mass is 9.29. The minimum absolute atomic E-state index is 0.0275. The van der Waals surface area contributed by atoms with Crippen molar-refractivity contribution in [2.75, 3.05) is 24.5 Å². The molecule has 18 rings (SSSR count). The van der Waals surface area contributed by atoms with E-state index in [9.17, 15) is 0 Å². The highest BCUT2D eigenvalue weighted by atomic mass is 16.5. The van der Waals surface area contributed by atoms with E-state index in [1.54, 1.807) is 0 Å². The van der Waals surface area contributed by atoms with Crippen LogP contribution >= 0.6 is 0 Å². The summed E-state index contributed by atoms with van der Waals surface area (Å²) in [5.41, 5.74) is 46.3.